The highest BCUT2D eigenvalue weighted by Gasteiger charge is 2.31. The Morgan fingerprint density at radius 2 is 1.30 bits per heavy atom. The number of amides is 3. The van der Waals surface area contributed by atoms with Crippen molar-refractivity contribution in [2.45, 2.75) is 92.0 Å². The zero-order valence-electron chi connectivity index (χ0n) is 27.0. The molecule has 4 rings (SSSR count). The number of esters is 1. The summed E-state index contributed by atoms with van der Waals surface area (Å²) in [5.74, 6) is 1.51. The molecule has 3 fully saturated rings. The van der Waals surface area contributed by atoms with Gasteiger partial charge in [0, 0.05) is 38.9 Å². The lowest BCUT2D eigenvalue weighted by atomic mass is 10.0. The molecule has 13 heteroatoms. The van der Waals surface area contributed by atoms with E-state index in [1.54, 1.807) is 22.2 Å². The van der Waals surface area contributed by atoms with Gasteiger partial charge in [0.15, 0.2) is 5.78 Å². The van der Waals surface area contributed by atoms with Crippen LogP contribution < -0.4 is 5.73 Å². The Balaban J connectivity index is 0.000000230. The van der Waals surface area contributed by atoms with E-state index < -0.39 is 0 Å². The van der Waals surface area contributed by atoms with Crippen LogP contribution in [0.15, 0.2) is 5.51 Å². The molecule has 3 aliphatic heterocycles. The van der Waals surface area contributed by atoms with Crippen molar-refractivity contribution in [2.75, 3.05) is 45.9 Å². The third kappa shape index (κ3) is 13.0. The third-order valence-corrected chi connectivity index (χ3v) is 8.61. The summed E-state index contributed by atoms with van der Waals surface area (Å²) in [6.45, 7) is 11.9. The molecule has 2 N–H and O–H groups in total. The highest BCUT2D eigenvalue weighted by atomic mass is 32.1. The van der Waals surface area contributed by atoms with E-state index in [1.165, 1.54) is 11.3 Å². The molecular formula is C31H52N6O6S. The van der Waals surface area contributed by atoms with E-state index in [-0.39, 0.29) is 49.1 Å². The summed E-state index contributed by atoms with van der Waals surface area (Å²) in [5.41, 5.74) is 6.91. The smallest absolute Gasteiger partial charge is 0.325 e. The van der Waals surface area contributed by atoms with Crippen LogP contribution in [0.1, 0.15) is 90.5 Å². The summed E-state index contributed by atoms with van der Waals surface area (Å²) in [4.78, 5) is 62.0. The Hall–Kier alpha value is -2.93. The van der Waals surface area contributed by atoms with Gasteiger partial charge in [-0.15, -0.1) is 21.5 Å². The van der Waals surface area contributed by atoms with Crippen molar-refractivity contribution in [1.29, 1.82) is 0 Å². The molecule has 3 saturated heterocycles. The highest BCUT2D eigenvalue weighted by molar-refractivity contribution is 7.09. The Morgan fingerprint density at radius 3 is 1.73 bits per heavy atom. The van der Waals surface area contributed by atoms with Gasteiger partial charge < -0.3 is 25.2 Å². The number of aromatic nitrogens is 2. The number of carbonyl (C=O) groups excluding carboxylic acids is 5. The van der Waals surface area contributed by atoms with Gasteiger partial charge in [-0.2, -0.15) is 0 Å². The molecule has 0 aliphatic carbocycles. The van der Waals surface area contributed by atoms with E-state index in [1.807, 2.05) is 4.90 Å². The van der Waals surface area contributed by atoms with Crippen molar-refractivity contribution >= 4 is 40.8 Å². The summed E-state index contributed by atoms with van der Waals surface area (Å²) >= 11 is 1.51. The van der Waals surface area contributed by atoms with Crippen LogP contribution in [-0.4, -0.2) is 100 Å². The lowest BCUT2D eigenvalue weighted by Crippen LogP contribution is -2.34. The number of hydrogen-bond donors (Lipinski definition) is 1. The van der Waals surface area contributed by atoms with Gasteiger partial charge in [-0.1, -0.05) is 40.0 Å². The molecule has 44 heavy (non-hydrogen) atoms. The van der Waals surface area contributed by atoms with Crippen LogP contribution in [0.4, 0.5) is 0 Å². The van der Waals surface area contributed by atoms with Crippen LogP contribution in [0.25, 0.3) is 0 Å². The van der Waals surface area contributed by atoms with Crippen LogP contribution in [0.2, 0.25) is 0 Å². The molecular weight excluding hydrogens is 584 g/mol. The molecule has 4 heterocycles. The molecule has 3 unspecified atom stereocenters. The summed E-state index contributed by atoms with van der Waals surface area (Å²) in [5, 5.41) is 8.67. The minimum absolute atomic E-state index is 0.0300. The van der Waals surface area contributed by atoms with Gasteiger partial charge in [0.2, 0.25) is 17.7 Å². The van der Waals surface area contributed by atoms with Crippen molar-refractivity contribution in [3.05, 3.63) is 10.5 Å². The Morgan fingerprint density at radius 1 is 0.818 bits per heavy atom. The summed E-state index contributed by atoms with van der Waals surface area (Å²) < 4.78 is 4.81. The van der Waals surface area contributed by atoms with E-state index in [9.17, 15) is 24.0 Å². The zero-order valence-corrected chi connectivity index (χ0v) is 27.8. The molecule has 1 aromatic rings. The van der Waals surface area contributed by atoms with E-state index in [0.717, 1.165) is 56.6 Å². The molecule has 3 amide bonds. The maximum absolute atomic E-state index is 11.7. The molecule has 248 valence electrons. The van der Waals surface area contributed by atoms with E-state index in [4.69, 9.17) is 10.5 Å². The fourth-order valence-corrected chi connectivity index (χ4v) is 6.43. The first-order chi connectivity index (χ1) is 21.1. The second-order valence-electron chi connectivity index (χ2n) is 11.8. The van der Waals surface area contributed by atoms with Crippen molar-refractivity contribution in [3.8, 4) is 0 Å². The summed E-state index contributed by atoms with van der Waals surface area (Å²) in [6, 6.07) is 0. The minimum atomic E-state index is -0.303. The monoisotopic (exact) mass is 636 g/mol. The highest BCUT2D eigenvalue weighted by Crippen LogP contribution is 2.24. The molecule has 1 aromatic heterocycles. The number of nitrogens with zero attached hydrogens (tertiary/aromatic N) is 5. The number of Topliss-reactive ketones (excluding diaryl/α,β-unsaturated/α-hetero) is 1. The molecule has 12 nitrogen and oxygen atoms in total. The van der Waals surface area contributed by atoms with E-state index in [0.29, 0.717) is 56.7 Å². The van der Waals surface area contributed by atoms with Crippen LogP contribution in [0, 0.1) is 17.8 Å². The van der Waals surface area contributed by atoms with Crippen molar-refractivity contribution in [1.82, 2.24) is 24.9 Å². The van der Waals surface area contributed by atoms with Crippen LogP contribution in [-0.2, 0) is 35.3 Å². The molecule has 0 bridgehead atoms. The van der Waals surface area contributed by atoms with Crippen molar-refractivity contribution < 1.29 is 28.7 Å². The zero-order chi connectivity index (χ0) is 32.5. The standard InChI is InChI=1S/C11H19NO3.C10H15N3OS.C10H18N2O2/c1-3-5-9-6-10(13)12(7-9)8-11(14)15-4-2;1-2-3-8-4-10(14)13(5-8)6-9-12-11-7-15-9;1-2-3-8-4-10(14)12(6-8)7-9(13)5-11/h9H,3-8H2,1-2H3;7-8H,2-6H2,1H3;8H,2-7,11H2,1H3. The molecule has 0 saturated carbocycles. The molecule has 0 radical (unpaired) electrons. The Bertz CT molecular complexity index is 1050. The maximum Gasteiger partial charge on any atom is 0.325 e. The second-order valence-corrected chi connectivity index (χ2v) is 12.7. The third-order valence-electron chi connectivity index (χ3n) is 7.93. The van der Waals surface area contributed by atoms with Crippen LogP contribution in [0.3, 0.4) is 0 Å². The van der Waals surface area contributed by atoms with Gasteiger partial charge in [0.05, 0.1) is 26.2 Å². The second kappa shape index (κ2) is 20.2. The normalized spacial score (nSPS) is 21.2. The number of nitrogens with two attached hydrogens (primary N) is 1. The molecule has 0 aromatic carbocycles. The minimum Gasteiger partial charge on any atom is -0.465 e. The van der Waals surface area contributed by atoms with Gasteiger partial charge in [-0.25, -0.2) is 0 Å². The predicted molar refractivity (Wildman–Crippen MR) is 168 cm³/mol. The van der Waals surface area contributed by atoms with Crippen LogP contribution >= 0.6 is 11.3 Å². The van der Waals surface area contributed by atoms with Gasteiger partial charge in [0.1, 0.15) is 17.1 Å². The SMILES string of the molecule is CCCC1CC(=O)N(CC(=O)CN)C1.CCCC1CC(=O)N(CC(=O)OCC)C1.CCCC1CC(=O)N(Cc2nncs2)C1. The number of ether oxygens (including phenoxy) is 1. The first-order valence-electron chi connectivity index (χ1n) is 16.1. The fraction of sp³-hybridized carbons (Fsp3) is 0.774. The number of ketones is 1. The van der Waals surface area contributed by atoms with Gasteiger partial charge in [-0.3, -0.25) is 24.0 Å². The van der Waals surface area contributed by atoms with Crippen molar-refractivity contribution in [2.24, 2.45) is 23.5 Å². The quantitative estimate of drug-likeness (QED) is 0.303. The Labute approximate surface area is 266 Å². The summed E-state index contributed by atoms with van der Waals surface area (Å²) in [6.07, 6.45) is 8.53. The molecule has 3 atom stereocenters. The van der Waals surface area contributed by atoms with Gasteiger partial charge in [-0.05, 0) is 43.9 Å². The lowest BCUT2D eigenvalue weighted by Gasteiger charge is -2.15. The first-order valence-corrected chi connectivity index (χ1v) is 17.0. The van der Waals surface area contributed by atoms with Gasteiger partial charge >= 0.3 is 5.97 Å². The summed E-state index contributed by atoms with van der Waals surface area (Å²) in [7, 11) is 0. The topological polar surface area (TPSA) is 156 Å². The molecule has 0 spiro atoms. The fourth-order valence-electron chi connectivity index (χ4n) is 5.89. The van der Waals surface area contributed by atoms with Gasteiger partial charge in [0.25, 0.3) is 0 Å². The Kier molecular flexibility index (Phi) is 17.1. The number of likely N-dealkylation sites (tertiary alicyclic amines) is 3. The lowest BCUT2D eigenvalue weighted by molar-refractivity contribution is -0.147. The number of rotatable bonds is 14. The average molecular weight is 637 g/mol. The predicted octanol–water partition coefficient (Wildman–Crippen LogP) is 3.05. The molecule has 3 aliphatic rings. The first kappa shape index (κ1) is 37.3. The number of hydrogen-bond acceptors (Lipinski definition) is 10. The average Bonchev–Trinajstić information content (AvgIpc) is 3.76. The number of carbonyl (C=O) groups is 5. The van der Waals surface area contributed by atoms with Crippen LogP contribution in [0.5, 0.6) is 0 Å². The van der Waals surface area contributed by atoms with E-state index in [2.05, 4.69) is 31.0 Å². The largest absolute Gasteiger partial charge is 0.465 e. The van der Waals surface area contributed by atoms with E-state index >= 15 is 0 Å². The van der Waals surface area contributed by atoms with Crippen molar-refractivity contribution in [3.63, 3.8) is 0 Å². The maximum atomic E-state index is 11.7.